The fraction of sp³-hybridized carbons (Fsp3) is 0.394. The van der Waals surface area contributed by atoms with E-state index in [1.54, 1.807) is 64.6 Å². The summed E-state index contributed by atoms with van der Waals surface area (Å²) in [5.41, 5.74) is 11.4. The largest absolute Gasteiger partial charge is 0.369 e. The minimum absolute atomic E-state index is 0.0604. The number of benzene rings is 3. The van der Waals surface area contributed by atoms with Crippen LogP contribution in [-0.4, -0.2) is 191 Å². The van der Waals surface area contributed by atoms with Crippen molar-refractivity contribution in [1.82, 2.24) is 60.0 Å². The van der Waals surface area contributed by atoms with Crippen LogP contribution in [0.3, 0.4) is 0 Å². The van der Waals surface area contributed by atoms with Gasteiger partial charge in [0.2, 0.25) is 17.8 Å². The van der Waals surface area contributed by atoms with Crippen LogP contribution >= 0.6 is 34.0 Å². The fourth-order valence-electron chi connectivity index (χ4n) is 12.8. The molecule has 2 saturated heterocycles. The second-order valence-electron chi connectivity index (χ2n) is 26.5. The number of thiazole rings is 3. The molecular formula is C71H87N23O4S3. The number of amides is 4. The normalized spacial score (nSPS) is 15.4. The van der Waals surface area contributed by atoms with E-state index in [0.717, 1.165) is 105 Å². The lowest BCUT2D eigenvalue weighted by Crippen LogP contribution is -2.44. The van der Waals surface area contributed by atoms with Gasteiger partial charge in [-0.25, -0.2) is 29.9 Å². The molecule has 6 aromatic heterocycles. The molecule has 2 fully saturated rings. The van der Waals surface area contributed by atoms with Crippen molar-refractivity contribution in [1.29, 1.82) is 0 Å². The van der Waals surface area contributed by atoms with Gasteiger partial charge in [-0.2, -0.15) is 15.0 Å². The third kappa shape index (κ3) is 14.5. The second-order valence-corrected chi connectivity index (χ2v) is 30.0. The van der Waals surface area contributed by atoms with Gasteiger partial charge in [0.1, 0.15) is 32.1 Å². The molecule has 4 N–H and O–H groups in total. The molecular weight excluding hydrogens is 1340 g/mol. The molecule has 0 unspecified atom stereocenters. The Hall–Kier alpha value is -10.0. The van der Waals surface area contributed by atoms with Crippen molar-refractivity contribution in [2.75, 3.05) is 150 Å². The van der Waals surface area contributed by atoms with Gasteiger partial charge >= 0.3 is 0 Å². The first kappa shape index (κ1) is 70.8. The molecule has 0 saturated carbocycles. The molecule has 11 heterocycles. The molecule has 5 aliphatic heterocycles. The minimum Gasteiger partial charge on any atom is -0.369 e. The maximum atomic E-state index is 13.4. The molecule has 0 radical (unpaired) electrons. The Balaban J connectivity index is 0.000000144. The first-order valence-electron chi connectivity index (χ1n) is 33.7. The van der Waals surface area contributed by atoms with Crippen LogP contribution in [0.5, 0.6) is 0 Å². The zero-order valence-electron chi connectivity index (χ0n) is 60.2. The first-order valence-corrected chi connectivity index (χ1v) is 36.2. The summed E-state index contributed by atoms with van der Waals surface area (Å²) >= 11 is 4.46. The van der Waals surface area contributed by atoms with Crippen molar-refractivity contribution in [3.05, 3.63) is 128 Å². The van der Waals surface area contributed by atoms with Gasteiger partial charge < -0.3 is 55.6 Å². The average molecular weight is 1420 g/mol. The van der Waals surface area contributed by atoms with Crippen molar-refractivity contribution < 1.29 is 19.2 Å². The van der Waals surface area contributed by atoms with Crippen molar-refractivity contribution in [2.45, 2.75) is 94.3 Å². The van der Waals surface area contributed by atoms with Crippen LogP contribution in [0.15, 0.2) is 79.3 Å². The van der Waals surface area contributed by atoms with Crippen LogP contribution < -0.4 is 60.5 Å². The molecule has 0 aliphatic carbocycles. The summed E-state index contributed by atoms with van der Waals surface area (Å²) in [6, 6.07) is 19.7. The summed E-state index contributed by atoms with van der Waals surface area (Å²) < 4.78 is 0. The molecule has 14 rings (SSSR count). The number of hydrogen-bond acceptors (Lipinski definition) is 26. The van der Waals surface area contributed by atoms with Crippen molar-refractivity contribution in [3.63, 3.8) is 0 Å². The van der Waals surface area contributed by atoms with Crippen LogP contribution in [0.1, 0.15) is 110 Å². The van der Waals surface area contributed by atoms with Crippen molar-refractivity contribution in [2.24, 2.45) is 0 Å². The third-order valence-electron chi connectivity index (χ3n) is 18.1. The molecule has 4 amide bonds. The van der Waals surface area contributed by atoms with E-state index in [-0.39, 0.29) is 41.8 Å². The number of hydrogen-bond donors (Lipinski definition) is 4. The zero-order chi connectivity index (χ0) is 72.0. The van der Waals surface area contributed by atoms with Crippen LogP contribution in [0, 0.1) is 34.6 Å². The van der Waals surface area contributed by atoms with E-state index >= 15 is 0 Å². The van der Waals surface area contributed by atoms with Gasteiger partial charge in [-0.3, -0.25) is 33.9 Å². The lowest BCUT2D eigenvalue weighted by molar-refractivity contribution is 0.0957. The Labute approximate surface area is 601 Å². The summed E-state index contributed by atoms with van der Waals surface area (Å²) in [5.74, 6) is 2.79. The number of aryl methyl sites for hydroxylation is 5. The first-order chi connectivity index (χ1) is 48.2. The van der Waals surface area contributed by atoms with Gasteiger partial charge in [-0.05, 0) is 162 Å². The predicted molar refractivity (Wildman–Crippen MR) is 408 cm³/mol. The molecule has 0 atom stereocenters. The van der Waals surface area contributed by atoms with E-state index in [0.29, 0.717) is 75.0 Å². The summed E-state index contributed by atoms with van der Waals surface area (Å²) in [6.07, 6.45) is 5.12. The lowest BCUT2D eigenvalue weighted by atomic mass is 10.1. The predicted octanol–water partition coefficient (Wildman–Crippen LogP) is 11.8. The van der Waals surface area contributed by atoms with E-state index in [1.165, 1.54) is 50.9 Å². The summed E-state index contributed by atoms with van der Waals surface area (Å²) in [6.45, 7) is 30.3. The van der Waals surface area contributed by atoms with Gasteiger partial charge in [0, 0.05) is 133 Å². The number of carbonyl (C=O) groups is 4. The molecule has 0 spiro atoms. The Morgan fingerprint density at radius 2 is 0.822 bits per heavy atom. The molecule has 0 bridgehead atoms. The summed E-state index contributed by atoms with van der Waals surface area (Å²) in [4.78, 5) is 114. The highest BCUT2D eigenvalue weighted by atomic mass is 32.1. The fourth-order valence-corrected chi connectivity index (χ4v) is 15.4. The Kier molecular flexibility index (Phi) is 20.5. The molecule has 3 aromatic carbocycles. The van der Waals surface area contributed by atoms with E-state index in [1.807, 2.05) is 98.2 Å². The summed E-state index contributed by atoms with van der Waals surface area (Å²) in [5, 5.41) is 17.4. The topological polar surface area (TPSA) is 265 Å². The number of anilines is 17. The molecule has 27 nitrogen and oxygen atoms in total. The second kappa shape index (κ2) is 29.3. The van der Waals surface area contributed by atoms with Gasteiger partial charge in [-0.1, -0.05) is 0 Å². The minimum atomic E-state index is -0.158. The molecule has 30 heteroatoms. The van der Waals surface area contributed by atoms with Crippen LogP contribution in [-0.2, 0) is 0 Å². The van der Waals surface area contributed by atoms with Gasteiger partial charge in [0.25, 0.3) is 23.6 Å². The lowest BCUT2D eigenvalue weighted by Gasteiger charge is -2.35. The Bertz CT molecular complexity index is 4600. The van der Waals surface area contributed by atoms with Gasteiger partial charge in [0.15, 0.2) is 34.5 Å². The Morgan fingerprint density at radius 1 is 0.436 bits per heavy atom. The number of nitrogens with zero attached hydrogens (tertiary/aromatic N) is 19. The van der Waals surface area contributed by atoms with Crippen LogP contribution in [0.2, 0.25) is 0 Å². The van der Waals surface area contributed by atoms with Crippen LogP contribution in [0.4, 0.5) is 95.8 Å². The number of aromatic nitrogens is 9. The number of rotatable bonds is 12. The van der Waals surface area contributed by atoms with Crippen molar-refractivity contribution in [3.8, 4) is 0 Å². The zero-order valence-corrected chi connectivity index (χ0v) is 62.7. The number of piperazine rings is 2. The highest BCUT2D eigenvalue weighted by Crippen LogP contribution is 2.46. The molecule has 528 valence electrons. The van der Waals surface area contributed by atoms with E-state index in [4.69, 9.17) is 15.0 Å². The maximum absolute atomic E-state index is 13.4. The van der Waals surface area contributed by atoms with E-state index < -0.39 is 0 Å². The average Bonchev–Trinajstić information content (AvgIpc) is 1.63. The van der Waals surface area contributed by atoms with E-state index in [2.05, 4.69) is 135 Å². The number of carbonyl (C=O) groups excluding carboxylic acids is 4. The SMILES string of the molecule is CNC(=O)c1ccc(Nc2ncc3c(n2)N(C)c2sc(C)nc2C(=O)N3C(C)C)cc1.Cc1nc2c(s1)N(C)c1nc(Nc3ccc(N4CCN(C)CC4)c(C)c3)ncc1N(C(C)C)C2=O.Cc1nc2c(s1)N(C)c1nc(Nc3ccc(N4CCN(C)CC4)cc3C)ncc1N(C(C)C)C2=O. The smallest absolute Gasteiger partial charge is 0.280 e. The van der Waals surface area contributed by atoms with Gasteiger partial charge in [-0.15, -0.1) is 34.0 Å². The standard InChI is InChI=1S/2C25H32N8OS.C21H23N7O2S/c1-15(2)33-20-14-26-25(29-22(20)31(6)24-21(23(33)34)27-17(4)35-24)28-19-8-7-18(13-16(19)3)32-11-9-30(5)10-12-32;1-15(2)33-20-14-26-25(29-22(20)31(6)24-21(23(33)34)27-17(4)35-24)28-18-7-8-19(16(3)13-18)32-11-9-30(5)10-12-32;1-11(2)28-15-10-23-21(25-14-8-6-13(7-9-14)18(29)22-4)26-17(15)27(5)20-16(19(28)30)24-12(3)31-20/h2*7-8,13-15H,9-12H2,1-6H3,(H,26,28,29);6-11H,1-5H3,(H,22,29)(H,23,25,26). The highest BCUT2D eigenvalue weighted by molar-refractivity contribution is 7.17. The van der Waals surface area contributed by atoms with Crippen molar-refractivity contribution >= 4 is 153 Å². The summed E-state index contributed by atoms with van der Waals surface area (Å²) in [7, 11) is 11.7. The maximum Gasteiger partial charge on any atom is 0.280 e. The molecule has 101 heavy (non-hydrogen) atoms. The number of likely N-dealkylation sites (N-methyl/N-ethyl adjacent to an activating group) is 2. The van der Waals surface area contributed by atoms with E-state index in [9.17, 15) is 19.2 Å². The van der Waals surface area contributed by atoms with Gasteiger partial charge in [0.05, 0.1) is 33.6 Å². The monoisotopic (exact) mass is 1420 g/mol. The number of fused-ring (bicyclic) bond motifs is 6. The quantitative estimate of drug-likeness (QED) is 0.0885. The molecule has 5 aliphatic rings. The highest BCUT2D eigenvalue weighted by Gasteiger charge is 2.39. The number of nitrogens with one attached hydrogen (secondary N) is 4. The van der Waals surface area contributed by atoms with Crippen LogP contribution in [0.25, 0.3) is 0 Å². The Morgan fingerprint density at radius 3 is 1.21 bits per heavy atom. The third-order valence-corrected chi connectivity index (χ3v) is 21.3. The molecule has 9 aromatic rings.